The number of methoxy groups -OCH3 is 2. The number of aromatic hydroxyl groups is 2. The summed E-state index contributed by atoms with van der Waals surface area (Å²) in [5.41, 5.74) is 0.651. The zero-order chi connectivity index (χ0) is 21.6. The van der Waals surface area contributed by atoms with Gasteiger partial charge in [0.2, 0.25) is 11.5 Å². The van der Waals surface area contributed by atoms with Gasteiger partial charge < -0.3 is 34.6 Å². The van der Waals surface area contributed by atoms with Crippen LogP contribution in [-0.2, 0) is 9.59 Å². The third-order valence-corrected chi connectivity index (χ3v) is 3.63. The molecule has 4 N–H and O–H groups in total. The molecule has 0 atom stereocenters. The van der Waals surface area contributed by atoms with E-state index in [1.54, 1.807) is 0 Å². The van der Waals surface area contributed by atoms with Crippen molar-refractivity contribution >= 4 is 24.1 Å². The van der Waals surface area contributed by atoms with Crippen molar-refractivity contribution in [3.05, 3.63) is 53.3 Å². The first kappa shape index (κ1) is 21.2. The fourth-order valence-corrected chi connectivity index (χ4v) is 2.29. The third kappa shape index (κ3) is 5.42. The summed E-state index contributed by atoms with van der Waals surface area (Å²) >= 11 is 0. The Morgan fingerprint density at radius 3 is 2.10 bits per heavy atom. The fraction of sp³-hybridized carbons (Fsp3) is 0.100. The number of rotatable bonds is 8. The van der Waals surface area contributed by atoms with E-state index in [9.17, 15) is 24.9 Å². The molecule has 9 nitrogen and oxygen atoms in total. The van der Waals surface area contributed by atoms with Crippen LogP contribution in [0.15, 0.2) is 42.2 Å². The van der Waals surface area contributed by atoms with Gasteiger partial charge in [0.25, 0.3) is 0 Å². The first-order valence-electron chi connectivity index (χ1n) is 8.07. The van der Waals surface area contributed by atoms with Gasteiger partial charge in [-0.2, -0.15) is 0 Å². The SMILES string of the molecule is COc1cc(/C=C(/Oc2cc(/C=C/C(=O)O)cc(OC)c2O)C(=O)O)ccc1O. The van der Waals surface area contributed by atoms with Gasteiger partial charge in [0, 0.05) is 6.08 Å². The number of hydrogen-bond donors (Lipinski definition) is 4. The summed E-state index contributed by atoms with van der Waals surface area (Å²) in [6.45, 7) is 0. The molecular formula is C20H18O9. The van der Waals surface area contributed by atoms with Crippen LogP contribution < -0.4 is 14.2 Å². The van der Waals surface area contributed by atoms with Crippen LogP contribution in [0.2, 0.25) is 0 Å². The average molecular weight is 402 g/mol. The van der Waals surface area contributed by atoms with E-state index in [2.05, 4.69) is 0 Å². The van der Waals surface area contributed by atoms with Crippen LogP contribution in [0.4, 0.5) is 0 Å². The van der Waals surface area contributed by atoms with Crippen molar-refractivity contribution in [2.75, 3.05) is 14.2 Å². The summed E-state index contributed by atoms with van der Waals surface area (Å²) in [4.78, 5) is 22.3. The van der Waals surface area contributed by atoms with Gasteiger partial charge in [-0.25, -0.2) is 9.59 Å². The molecular weight excluding hydrogens is 384 g/mol. The number of aliphatic carboxylic acids is 2. The second-order valence-corrected chi connectivity index (χ2v) is 5.59. The number of benzene rings is 2. The molecule has 0 aliphatic rings. The molecule has 0 unspecified atom stereocenters. The van der Waals surface area contributed by atoms with Crippen LogP contribution in [-0.4, -0.2) is 46.6 Å². The predicted octanol–water partition coefficient (Wildman–Crippen LogP) is 2.72. The molecule has 152 valence electrons. The van der Waals surface area contributed by atoms with Crippen LogP contribution >= 0.6 is 0 Å². The Kier molecular flexibility index (Phi) is 6.70. The largest absolute Gasteiger partial charge is 0.504 e. The quantitative estimate of drug-likeness (QED) is 0.387. The number of carboxylic acid groups (broad SMARTS) is 2. The number of phenols is 2. The Bertz CT molecular complexity index is 990. The van der Waals surface area contributed by atoms with Crippen molar-refractivity contribution in [3.8, 4) is 28.7 Å². The Morgan fingerprint density at radius 2 is 1.52 bits per heavy atom. The molecule has 0 saturated carbocycles. The summed E-state index contributed by atoms with van der Waals surface area (Å²) in [5.74, 6) is -3.91. The molecule has 0 spiro atoms. The van der Waals surface area contributed by atoms with Crippen LogP contribution in [0.5, 0.6) is 28.7 Å². The van der Waals surface area contributed by atoms with Crippen molar-refractivity contribution in [1.29, 1.82) is 0 Å². The van der Waals surface area contributed by atoms with Crippen LogP contribution in [0.25, 0.3) is 12.2 Å². The first-order valence-corrected chi connectivity index (χ1v) is 8.07. The molecule has 0 bridgehead atoms. The van der Waals surface area contributed by atoms with Gasteiger partial charge in [0.05, 0.1) is 14.2 Å². The number of ether oxygens (including phenoxy) is 3. The second kappa shape index (κ2) is 9.18. The highest BCUT2D eigenvalue weighted by atomic mass is 16.5. The summed E-state index contributed by atoms with van der Waals surface area (Å²) in [6, 6.07) is 6.77. The van der Waals surface area contributed by atoms with Gasteiger partial charge in [0.15, 0.2) is 23.0 Å². The minimum Gasteiger partial charge on any atom is -0.504 e. The molecule has 2 aromatic rings. The first-order chi connectivity index (χ1) is 13.7. The van der Waals surface area contributed by atoms with E-state index in [1.807, 2.05) is 0 Å². The lowest BCUT2D eigenvalue weighted by Gasteiger charge is -2.12. The molecule has 0 aromatic heterocycles. The molecule has 0 radical (unpaired) electrons. The molecule has 0 heterocycles. The zero-order valence-corrected chi connectivity index (χ0v) is 15.4. The van der Waals surface area contributed by atoms with Gasteiger partial charge in [-0.15, -0.1) is 0 Å². The monoisotopic (exact) mass is 402 g/mol. The highest BCUT2D eigenvalue weighted by Crippen LogP contribution is 2.39. The molecule has 0 fully saturated rings. The lowest BCUT2D eigenvalue weighted by Crippen LogP contribution is -2.08. The lowest BCUT2D eigenvalue weighted by molar-refractivity contribution is -0.135. The molecule has 0 saturated heterocycles. The van der Waals surface area contributed by atoms with E-state index in [1.165, 1.54) is 50.6 Å². The Balaban J connectivity index is 2.48. The minimum atomic E-state index is -1.43. The normalized spacial score (nSPS) is 11.3. The highest BCUT2D eigenvalue weighted by Gasteiger charge is 2.17. The summed E-state index contributed by atoms with van der Waals surface area (Å²) in [6.07, 6.45) is 3.26. The molecule has 29 heavy (non-hydrogen) atoms. The van der Waals surface area contributed by atoms with Crippen molar-refractivity contribution in [1.82, 2.24) is 0 Å². The van der Waals surface area contributed by atoms with E-state index < -0.39 is 23.4 Å². The molecule has 2 rings (SSSR count). The molecule has 9 heteroatoms. The van der Waals surface area contributed by atoms with E-state index >= 15 is 0 Å². The summed E-state index contributed by atoms with van der Waals surface area (Å²) in [7, 11) is 2.62. The van der Waals surface area contributed by atoms with Gasteiger partial charge >= 0.3 is 11.9 Å². The number of carboxylic acids is 2. The Morgan fingerprint density at radius 1 is 0.897 bits per heavy atom. The third-order valence-electron chi connectivity index (χ3n) is 3.63. The second-order valence-electron chi connectivity index (χ2n) is 5.59. The van der Waals surface area contributed by atoms with Crippen molar-refractivity contribution in [2.45, 2.75) is 0 Å². The van der Waals surface area contributed by atoms with E-state index in [4.69, 9.17) is 19.3 Å². The van der Waals surface area contributed by atoms with Crippen molar-refractivity contribution in [2.24, 2.45) is 0 Å². The van der Waals surface area contributed by atoms with E-state index in [0.29, 0.717) is 11.1 Å². The number of carbonyl (C=O) groups is 2. The Hall–Kier alpha value is -4.14. The fourth-order valence-electron chi connectivity index (χ4n) is 2.29. The summed E-state index contributed by atoms with van der Waals surface area (Å²) in [5, 5.41) is 38.1. The minimum absolute atomic E-state index is 0.0384. The van der Waals surface area contributed by atoms with E-state index in [-0.39, 0.29) is 23.0 Å². The van der Waals surface area contributed by atoms with Gasteiger partial charge in [-0.05, 0) is 47.5 Å². The molecule has 0 amide bonds. The van der Waals surface area contributed by atoms with E-state index in [0.717, 1.165) is 12.2 Å². The maximum absolute atomic E-state index is 11.6. The van der Waals surface area contributed by atoms with Crippen molar-refractivity contribution in [3.63, 3.8) is 0 Å². The summed E-state index contributed by atoms with van der Waals surface area (Å²) < 4.78 is 15.3. The topological polar surface area (TPSA) is 143 Å². The molecule has 2 aromatic carbocycles. The maximum atomic E-state index is 11.6. The van der Waals surface area contributed by atoms with Gasteiger partial charge in [-0.3, -0.25) is 0 Å². The van der Waals surface area contributed by atoms with Gasteiger partial charge in [-0.1, -0.05) is 6.07 Å². The Labute approximate surface area is 165 Å². The number of hydrogen-bond acceptors (Lipinski definition) is 7. The van der Waals surface area contributed by atoms with Crippen LogP contribution in [0.3, 0.4) is 0 Å². The molecule has 0 aliphatic carbocycles. The predicted molar refractivity (Wildman–Crippen MR) is 102 cm³/mol. The smallest absolute Gasteiger partial charge is 0.371 e. The van der Waals surface area contributed by atoms with Crippen LogP contribution in [0, 0.1) is 0 Å². The molecule has 0 aliphatic heterocycles. The van der Waals surface area contributed by atoms with Crippen LogP contribution in [0.1, 0.15) is 11.1 Å². The standard InChI is InChI=1S/C20H18O9/c1-27-14-7-11(3-5-13(14)21)10-17(20(25)26)29-16-9-12(4-6-18(22)23)8-15(28-2)19(16)24/h3-10,21,24H,1-2H3,(H,22,23)(H,25,26)/b6-4+,17-10+. The highest BCUT2D eigenvalue weighted by molar-refractivity contribution is 5.91. The lowest BCUT2D eigenvalue weighted by atomic mass is 10.1. The maximum Gasteiger partial charge on any atom is 0.371 e. The van der Waals surface area contributed by atoms with Gasteiger partial charge in [0.1, 0.15) is 0 Å². The zero-order valence-electron chi connectivity index (χ0n) is 15.4. The number of phenolic OH excluding ortho intramolecular Hbond substituents is 2. The van der Waals surface area contributed by atoms with Crippen molar-refractivity contribution < 1.29 is 44.2 Å². The average Bonchev–Trinajstić information content (AvgIpc) is 2.68.